The molecule has 114 valence electrons. The number of aromatic nitrogens is 2. The molecule has 1 aliphatic rings. The van der Waals surface area contributed by atoms with Gasteiger partial charge in [0.1, 0.15) is 17.1 Å². The van der Waals surface area contributed by atoms with Crippen LogP contribution in [0.1, 0.15) is 44.3 Å². The van der Waals surface area contributed by atoms with Crippen molar-refractivity contribution in [3.63, 3.8) is 0 Å². The predicted octanol–water partition coefficient (Wildman–Crippen LogP) is 1.32. The van der Waals surface area contributed by atoms with Gasteiger partial charge in [-0.2, -0.15) is 0 Å². The van der Waals surface area contributed by atoms with Crippen molar-refractivity contribution in [1.29, 1.82) is 0 Å². The van der Waals surface area contributed by atoms with Crippen molar-refractivity contribution in [2.45, 2.75) is 38.5 Å². The van der Waals surface area contributed by atoms with Gasteiger partial charge in [0, 0.05) is 20.3 Å². The number of ketones is 2. The molecule has 3 rings (SSSR count). The first kappa shape index (κ1) is 7.17. The summed E-state index contributed by atoms with van der Waals surface area (Å²) < 4.78 is 71.2. The summed E-state index contributed by atoms with van der Waals surface area (Å²) in [6, 6.07) is -2.13. The van der Waals surface area contributed by atoms with Gasteiger partial charge < -0.3 is 5.73 Å². The standard InChI is InChI=1S/C16H17N3O3/c1-9-18-12-5-3-4-11(17)14(12)15(22)19(9)16(2)7-6-10(20)8-13(16)21/h3-5H,6-8,17H2,1-2H3/t16-/m1/s1/i1D3,2D3,3D,4D,5D. The minimum Gasteiger partial charge on any atom is -0.398 e. The van der Waals surface area contributed by atoms with E-state index in [1.807, 2.05) is 0 Å². The van der Waals surface area contributed by atoms with E-state index in [9.17, 15) is 14.4 Å². The van der Waals surface area contributed by atoms with Crippen LogP contribution in [0.5, 0.6) is 0 Å². The smallest absolute Gasteiger partial charge is 0.264 e. The lowest BCUT2D eigenvalue weighted by Crippen LogP contribution is -2.49. The summed E-state index contributed by atoms with van der Waals surface area (Å²) in [6.45, 7) is -6.43. The lowest BCUT2D eigenvalue weighted by Gasteiger charge is -2.34. The minimum atomic E-state index is -3.23. The largest absolute Gasteiger partial charge is 0.398 e. The van der Waals surface area contributed by atoms with Crippen LogP contribution in [0.3, 0.4) is 0 Å². The molecule has 1 aromatic carbocycles. The van der Waals surface area contributed by atoms with Crippen LogP contribution in [0.2, 0.25) is 0 Å². The van der Waals surface area contributed by atoms with E-state index < -0.39 is 89.8 Å². The van der Waals surface area contributed by atoms with Gasteiger partial charge in [0.15, 0.2) is 5.78 Å². The number of nitrogens with zero attached hydrogens (tertiary/aromatic N) is 2. The molecular weight excluding hydrogens is 282 g/mol. The number of carbonyl (C=O) groups is 2. The molecule has 2 N–H and O–H groups in total. The second kappa shape index (κ2) is 4.76. The van der Waals surface area contributed by atoms with E-state index in [0.717, 1.165) is 0 Å². The van der Waals surface area contributed by atoms with E-state index >= 15 is 0 Å². The predicted molar refractivity (Wildman–Crippen MR) is 82.7 cm³/mol. The molecule has 0 unspecified atom stereocenters. The topological polar surface area (TPSA) is 95.0 Å². The zero-order valence-corrected chi connectivity index (χ0v) is 11.3. The average Bonchev–Trinajstić information content (AvgIpc) is 2.63. The first-order valence-corrected chi connectivity index (χ1v) is 6.43. The lowest BCUT2D eigenvalue weighted by atomic mass is 9.81. The summed E-state index contributed by atoms with van der Waals surface area (Å²) in [5.41, 5.74) is 0.568. The molecule has 0 radical (unpaired) electrons. The minimum absolute atomic E-state index is 0.253. The highest BCUT2D eigenvalue weighted by Crippen LogP contribution is 2.30. The first-order valence-electron chi connectivity index (χ1n) is 10.9. The molecule has 6 heteroatoms. The molecule has 1 aromatic heterocycles. The number of nitrogens with two attached hydrogens (primary N) is 1. The van der Waals surface area contributed by atoms with Crippen molar-refractivity contribution in [3.8, 4) is 0 Å². The van der Waals surface area contributed by atoms with Gasteiger partial charge >= 0.3 is 0 Å². The van der Waals surface area contributed by atoms with E-state index in [0.29, 0.717) is 0 Å². The number of nitrogen functional groups attached to an aromatic ring is 1. The van der Waals surface area contributed by atoms with Gasteiger partial charge in [0.05, 0.1) is 21.4 Å². The zero-order valence-electron chi connectivity index (χ0n) is 20.3. The van der Waals surface area contributed by atoms with Gasteiger partial charge in [-0.1, -0.05) is 6.04 Å². The maximum atomic E-state index is 13.5. The summed E-state index contributed by atoms with van der Waals surface area (Å²) in [5, 5.41) is -0.632. The van der Waals surface area contributed by atoms with Crippen LogP contribution >= 0.6 is 0 Å². The maximum absolute atomic E-state index is 13.5. The second-order valence-electron chi connectivity index (χ2n) is 5.09. The molecule has 0 spiro atoms. The monoisotopic (exact) mass is 308 g/mol. The number of aryl methyl sites for hydroxylation is 1. The highest BCUT2D eigenvalue weighted by atomic mass is 16.2. The number of carbonyl (C=O) groups excluding carboxylic acids is 2. The molecule has 1 aliphatic carbocycles. The SMILES string of the molecule is [2H]c1c([2H])c(N)c2c(=O)n([C@]3(C([2H])([2H])[2H])CCC(=O)CC3=O)c(C([2H])([2H])[2H])nc2c1[2H]. The summed E-state index contributed by atoms with van der Waals surface area (Å²) in [4.78, 5) is 42.0. The summed E-state index contributed by atoms with van der Waals surface area (Å²) in [6.07, 6.45) is -1.85. The van der Waals surface area contributed by atoms with Gasteiger partial charge in [-0.15, -0.1) is 0 Å². The first-order chi connectivity index (χ1) is 14.1. The van der Waals surface area contributed by atoms with E-state index in [2.05, 4.69) is 4.98 Å². The third kappa shape index (κ3) is 1.94. The Hall–Kier alpha value is -2.50. The van der Waals surface area contributed by atoms with Crippen molar-refractivity contribution in [2.75, 3.05) is 5.73 Å². The quantitative estimate of drug-likeness (QED) is 0.633. The molecule has 0 amide bonds. The maximum Gasteiger partial charge on any atom is 0.264 e. The summed E-state index contributed by atoms with van der Waals surface area (Å²) >= 11 is 0. The third-order valence-corrected chi connectivity index (χ3v) is 3.70. The Labute approximate surface area is 139 Å². The Kier molecular flexibility index (Phi) is 1.55. The number of hydrogen-bond acceptors (Lipinski definition) is 5. The van der Waals surface area contributed by atoms with Crippen molar-refractivity contribution in [2.24, 2.45) is 0 Å². The molecule has 1 saturated carbocycles. The Morgan fingerprint density at radius 3 is 2.91 bits per heavy atom. The van der Waals surface area contributed by atoms with E-state index in [4.69, 9.17) is 18.1 Å². The van der Waals surface area contributed by atoms with Gasteiger partial charge in [-0.05, 0) is 32.2 Å². The normalized spacial score (nSPS) is 29.4. The number of hydrogen-bond donors (Lipinski definition) is 1. The molecule has 0 aliphatic heterocycles. The van der Waals surface area contributed by atoms with Crippen LogP contribution in [-0.2, 0) is 15.1 Å². The average molecular weight is 308 g/mol. The molecular formula is C16H17N3O3. The zero-order chi connectivity index (χ0) is 23.7. The van der Waals surface area contributed by atoms with Crippen molar-refractivity contribution >= 4 is 28.2 Å². The number of anilines is 1. The fourth-order valence-electron chi connectivity index (χ4n) is 2.54. The van der Waals surface area contributed by atoms with E-state index in [1.165, 1.54) is 0 Å². The molecule has 22 heavy (non-hydrogen) atoms. The van der Waals surface area contributed by atoms with Gasteiger partial charge in [-0.3, -0.25) is 19.0 Å². The van der Waals surface area contributed by atoms with Crippen molar-refractivity contribution < 1.29 is 21.9 Å². The molecule has 6 nitrogen and oxygen atoms in total. The molecule has 1 atom stereocenters. The van der Waals surface area contributed by atoms with Gasteiger partial charge in [0.25, 0.3) is 5.56 Å². The highest BCUT2D eigenvalue weighted by molar-refractivity contribution is 6.05. The molecule has 0 bridgehead atoms. The van der Waals surface area contributed by atoms with Crippen LogP contribution in [-0.4, -0.2) is 21.1 Å². The number of Topliss-reactive ketones (excluding diaryl/α,β-unsaturated/α-hetero) is 2. The van der Waals surface area contributed by atoms with Crippen LogP contribution in [0.25, 0.3) is 10.9 Å². The van der Waals surface area contributed by atoms with Gasteiger partial charge in [0.2, 0.25) is 0 Å². The summed E-state index contributed by atoms with van der Waals surface area (Å²) in [5.74, 6) is -2.79. The third-order valence-electron chi connectivity index (χ3n) is 3.70. The van der Waals surface area contributed by atoms with Crippen LogP contribution in [0.15, 0.2) is 22.9 Å². The molecule has 2 aromatic rings. The van der Waals surface area contributed by atoms with Crippen molar-refractivity contribution in [3.05, 3.63) is 34.3 Å². The van der Waals surface area contributed by atoms with Crippen LogP contribution in [0, 0.1) is 6.85 Å². The second-order valence-corrected chi connectivity index (χ2v) is 5.09. The Morgan fingerprint density at radius 2 is 2.23 bits per heavy atom. The molecule has 1 heterocycles. The number of rotatable bonds is 1. The van der Waals surface area contributed by atoms with Crippen LogP contribution < -0.4 is 11.3 Å². The van der Waals surface area contributed by atoms with E-state index in [1.54, 1.807) is 0 Å². The highest BCUT2D eigenvalue weighted by Gasteiger charge is 2.41. The Morgan fingerprint density at radius 1 is 1.41 bits per heavy atom. The number of fused-ring (bicyclic) bond motifs is 1. The summed E-state index contributed by atoms with van der Waals surface area (Å²) in [7, 11) is 0. The fourth-order valence-corrected chi connectivity index (χ4v) is 2.54. The number of benzene rings is 1. The Balaban J connectivity index is 2.63. The van der Waals surface area contributed by atoms with Crippen LogP contribution in [0.4, 0.5) is 5.69 Å². The van der Waals surface area contributed by atoms with Crippen molar-refractivity contribution in [1.82, 2.24) is 9.55 Å². The Bertz CT molecular complexity index is 1200. The molecule has 1 fully saturated rings. The molecule has 0 saturated heterocycles. The van der Waals surface area contributed by atoms with Gasteiger partial charge in [-0.25, -0.2) is 4.98 Å². The van der Waals surface area contributed by atoms with E-state index in [-0.39, 0.29) is 11.0 Å². The fraction of sp³-hybridized carbons (Fsp3) is 0.375. The lowest BCUT2D eigenvalue weighted by molar-refractivity contribution is -0.136.